The molecule has 2 aromatic carbocycles. The molecule has 0 spiro atoms. The second-order valence-corrected chi connectivity index (χ2v) is 6.27. The first-order valence-electron chi connectivity index (χ1n) is 8.70. The summed E-state index contributed by atoms with van der Waals surface area (Å²) >= 11 is 0. The molecule has 6 heteroatoms. The zero-order chi connectivity index (χ0) is 18.4. The first-order chi connectivity index (χ1) is 12.6. The van der Waals surface area contributed by atoms with E-state index in [9.17, 15) is 14.0 Å². The number of nitrogens with one attached hydrogen (secondary N) is 2. The number of anilines is 1. The molecule has 2 aromatic rings. The smallest absolute Gasteiger partial charge is 0.262 e. The van der Waals surface area contributed by atoms with Gasteiger partial charge < -0.3 is 15.4 Å². The topological polar surface area (TPSA) is 67.4 Å². The second kappa shape index (κ2) is 8.47. The van der Waals surface area contributed by atoms with Gasteiger partial charge in [-0.15, -0.1) is 0 Å². The Morgan fingerprint density at radius 1 is 1.04 bits per heavy atom. The average molecular weight is 356 g/mol. The molecule has 0 unspecified atom stereocenters. The molecule has 1 aliphatic carbocycles. The summed E-state index contributed by atoms with van der Waals surface area (Å²) in [6.45, 7) is -0.317. The van der Waals surface area contributed by atoms with Crippen molar-refractivity contribution in [2.75, 3.05) is 11.9 Å². The molecule has 0 bridgehead atoms. The van der Waals surface area contributed by atoms with Crippen molar-refractivity contribution < 1.29 is 18.7 Å². The van der Waals surface area contributed by atoms with Crippen LogP contribution in [0.1, 0.15) is 36.0 Å². The molecule has 0 aliphatic heterocycles. The molecule has 0 saturated heterocycles. The van der Waals surface area contributed by atoms with Gasteiger partial charge in [0.05, 0.1) is 11.3 Å². The number of carbonyl (C=O) groups is 2. The zero-order valence-electron chi connectivity index (χ0n) is 14.3. The van der Waals surface area contributed by atoms with Crippen LogP contribution in [0.5, 0.6) is 5.75 Å². The quantitative estimate of drug-likeness (QED) is 0.832. The SMILES string of the molecule is O=C(COc1ccccc1C(=O)NC1CCCC1)Nc1ccccc1F. The van der Waals surface area contributed by atoms with Crippen LogP contribution in [0.2, 0.25) is 0 Å². The molecular weight excluding hydrogens is 335 g/mol. The summed E-state index contributed by atoms with van der Waals surface area (Å²) in [4.78, 5) is 24.5. The lowest BCUT2D eigenvalue weighted by Crippen LogP contribution is -2.33. The summed E-state index contributed by atoms with van der Waals surface area (Å²) in [5, 5.41) is 5.45. The number of carbonyl (C=O) groups excluding carboxylic acids is 2. The zero-order valence-corrected chi connectivity index (χ0v) is 14.3. The van der Waals surface area contributed by atoms with Crippen LogP contribution in [-0.4, -0.2) is 24.5 Å². The number of halogens is 1. The van der Waals surface area contributed by atoms with Crippen LogP contribution in [0.15, 0.2) is 48.5 Å². The van der Waals surface area contributed by atoms with Gasteiger partial charge in [-0.05, 0) is 37.1 Å². The molecule has 1 saturated carbocycles. The third-order valence-electron chi connectivity index (χ3n) is 4.33. The standard InChI is InChI=1S/C20H21FN2O3/c21-16-10-4-5-11-17(16)23-19(24)13-26-18-12-6-3-9-15(18)20(25)22-14-7-1-2-8-14/h3-6,9-12,14H,1-2,7-8,13H2,(H,22,25)(H,23,24). The van der Waals surface area contributed by atoms with Crippen molar-refractivity contribution in [1.29, 1.82) is 0 Å². The second-order valence-electron chi connectivity index (χ2n) is 6.27. The minimum absolute atomic E-state index is 0.0911. The van der Waals surface area contributed by atoms with Gasteiger partial charge in [-0.3, -0.25) is 9.59 Å². The Morgan fingerprint density at radius 2 is 1.73 bits per heavy atom. The normalized spacial score (nSPS) is 14.0. The van der Waals surface area contributed by atoms with E-state index >= 15 is 0 Å². The summed E-state index contributed by atoms with van der Waals surface area (Å²) < 4.78 is 19.1. The average Bonchev–Trinajstić information content (AvgIpc) is 3.15. The predicted molar refractivity (Wildman–Crippen MR) is 96.7 cm³/mol. The summed E-state index contributed by atoms with van der Waals surface area (Å²) in [6, 6.07) is 12.9. The van der Waals surface area contributed by atoms with Crippen LogP contribution in [-0.2, 0) is 4.79 Å². The lowest BCUT2D eigenvalue weighted by molar-refractivity contribution is -0.118. The van der Waals surface area contributed by atoms with E-state index in [0.29, 0.717) is 11.3 Å². The Labute approximate surface area is 151 Å². The van der Waals surface area contributed by atoms with E-state index in [0.717, 1.165) is 25.7 Å². The number of para-hydroxylation sites is 2. The van der Waals surface area contributed by atoms with E-state index in [1.807, 2.05) is 0 Å². The van der Waals surface area contributed by atoms with Gasteiger partial charge in [0, 0.05) is 6.04 Å². The van der Waals surface area contributed by atoms with Crippen LogP contribution in [0, 0.1) is 5.82 Å². The molecule has 2 N–H and O–H groups in total. The van der Waals surface area contributed by atoms with Crippen LogP contribution < -0.4 is 15.4 Å². The van der Waals surface area contributed by atoms with Crippen molar-refractivity contribution >= 4 is 17.5 Å². The predicted octanol–water partition coefficient (Wildman–Crippen LogP) is 3.52. The molecule has 26 heavy (non-hydrogen) atoms. The van der Waals surface area contributed by atoms with Crippen LogP contribution >= 0.6 is 0 Å². The molecule has 1 aliphatic rings. The van der Waals surface area contributed by atoms with Crippen molar-refractivity contribution in [3.63, 3.8) is 0 Å². The third kappa shape index (κ3) is 4.59. The summed E-state index contributed by atoms with van der Waals surface area (Å²) in [7, 11) is 0. The highest BCUT2D eigenvalue weighted by molar-refractivity contribution is 5.97. The number of benzene rings is 2. The van der Waals surface area contributed by atoms with Gasteiger partial charge in [-0.1, -0.05) is 37.1 Å². The molecule has 1 fully saturated rings. The monoisotopic (exact) mass is 356 g/mol. The molecule has 5 nitrogen and oxygen atoms in total. The first kappa shape index (κ1) is 17.9. The number of hydrogen-bond donors (Lipinski definition) is 2. The van der Waals surface area contributed by atoms with Gasteiger partial charge in [0.25, 0.3) is 11.8 Å². The van der Waals surface area contributed by atoms with Gasteiger partial charge in [-0.2, -0.15) is 0 Å². The van der Waals surface area contributed by atoms with E-state index in [-0.39, 0.29) is 24.2 Å². The Kier molecular flexibility index (Phi) is 5.84. The fourth-order valence-corrected chi connectivity index (χ4v) is 3.01. The maximum Gasteiger partial charge on any atom is 0.262 e. The molecule has 0 atom stereocenters. The van der Waals surface area contributed by atoms with Crippen LogP contribution in [0.3, 0.4) is 0 Å². The molecule has 3 rings (SSSR count). The van der Waals surface area contributed by atoms with Crippen molar-refractivity contribution in [2.45, 2.75) is 31.7 Å². The van der Waals surface area contributed by atoms with Crippen molar-refractivity contribution in [1.82, 2.24) is 5.32 Å². The van der Waals surface area contributed by atoms with Crippen LogP contribution in [0.4, 0.5) is 10.1 Å². The summed E-state index contributed by atoms with van der Waals surface area (Å²) in [5.74, 6) is -0.896. The van der Waals surface area contributed by atoms with Gasteiger partial charge >= 0.3 is 0 Å². The Bertz CT molecular complexity index is 788. The Hall–Kier alpha value is -2.89. The number of ether oxygens (including phenoxy) is 1. The molecule has 0 aromatic heterocycles. The number of hydrogen-bond acceptors (Lipinski definition) is 3. The van der Waals surface area contributed by atoms with E-state index in [1.165, 1.54) is 12.1 Å². The minimum Gasteiger partial charge on any atom is -0.483 e. The van der Waals surface area contributed by atoms with Crippen LogP contribution in [0.25, 0.3) is 0 Å². The number of rotatable bonds is 6. The Balaban J connectivity index is 1.60. The fourth-order valence-electron chi connectivity index (χ4n) is 3.01. The maximum absolute atomic E-state index is 13.6. The van der Waals surface area contributed by atoms with E-state index < -0.39 is 11.7 Å². The van der Waals surface area contributed by atoms with E-state index in [4.69, 9.17) is 4.74 Å². The molecule has 136 valence electrons. The maximum atomic E-state index is 13.6. The first-order valence-corrected chi connectivity index (χ1v) is 8.70. The molecular formula is C20H21FN2O3. The largest absolute Gasteiger partial charge is 0.483 e. The molecule has 0 heterocycles. The summed E-state index contributed by atoms with van der Waals surface area (Å²) in [5.41, 5.74) is 0.478. The highest BCUT2D eigenvalue weighted by Gasteiger charge is 2.20. The summed E-state index contributed by atoms with van der Waals surface area (Å²) in [6.07, 6.45) is 4.22. The highest BCUT2D eigenvalue weighted by atomic mass is 19.1. The van der Waals surface area contributed by atoms with Gasteiger partial charge in [0.15, 0.2) is 6.61 Å². The molecule has 2 amide bonds. The van der Waals surface area contributed by atoms with E-state index in [2.05, 4.69) is 10.6 Å². The third-order valence-corrected chi connectivity index (χ3v) is 4.33. The van der Waals surface area contributed by atoms with Gasteiger partial charge in [-0.25, -0.2) is 4.39 Å². The van der Waals surface area contributed by atoms with Gasteiger partial charge in [0.2, 0.25) is 0 Å². The van der Waals surface area contributed by atoms with Crippen molar-refractivity contribution in [3.8, 4) is 5.75 Å². The minimum atomic E-state index is -0.516. The lowest BCUT2D eigenvalue weighted by atomic mass is 10.1. The van der Waals surface area contributed by atoms with E-state index in [1.54, 1.807) is 36.4 Å². The fraction of sp³-hybridized carbons (Fsp3) is 0.300. The van der Waals surface area contributed by atoms with Crippen molar-refractivity contribution in [3.05, 3.63) is 59.9 Å². The number of amides is 2. The lowest BCUT2D eigenvalue weighted by Gasteiger charge is -2.15. The Morgan fingerprint density at radius 3 is 2.50 bits per heavy atom. The highest BCUT2D eigenvalue weighted by Crippen LogP contribution is 2.21. The van der Waals surface area contributed by atoms with Gasteiger partial charge in [0.1, 0.15) is 11.6 Å². The molecule has 0 radical (unpaired) electrons. The van der Waals surface area contributed by atoms with Crippen molar-refractivity contribution in [2.24, 2.45) is 0 Å².